The minimum Gasteiger partial charge on any atom is -0.307 e. The molecule has 1 unspecified atom stereocenters. The Morgan fingerprint density at radius 2 is 1.50 bits per heavy atom. The monoisotopic (exact) mass is 273 g/mol. The summed E-state index contributed by atoms with van der Waals surface area (Å²) in [5, 5.41) is 3.83. The van der Waals surface area contributed by atoms with E-state index in [9.17, 15) is 0 Å². The average molecular weight is 273 g/mol. The Morgan fingerprint density at radius 3 is 2.00 bits per heavy atom. The lowest BCUT2D eigenvalue weighted by molar-refractivity contribution is 0.414. The Labute approximate surface area is 125 Å². The van der Waals surface area contributed by atoms with Gasteiger partial charge in [0.15, 0.2) is 0 Å². The van der Waals surface area contributed by atoms with Gasteiger partial charge in [-0.1, -0.05) is 70.7 Å². The Bertz CT molecular complexity index is 391. The first kappa shape index (κ1) is 15.6. The number of rotatable bonds is 3. The molecule has 20 heavy (non-hydrogen) atoms. The molecule has 0 saturated heterocycles. The van der Waals surface area contributed by atoms with E-state index in [2.05, 4.69) is 57.3 Å². The molecule has 2 rings (SSSR count). The van der Waals surface area contributed by atoms with Crippen LogP contribution in [0, 0.1) is 0 Å². The number of hydrogen-bond donors (Lipinski definition) is 1. The van der Waals surface area contributed by atoms with Gasteiger partial charge in [0.05, 0.1) is 0 Å². The molecule has 1 saturated carbocycles. The van der Waals surface area contributed by atoms with E-state index >= 15 is 0 Å². The lowest BCUT2D eigenvalue weighted by atomic mass is 9.86. The second-order valence-corrected chi connectivity index (χ2v) is 7.45. The third-order valence-corrected chi connectivity index (χ3v) is 4.62. The summed E-state index contributed by atoms with van der Waals surface area (Å²) in [5.74, 6) is 0. The summed E-state index contributed by atoms with van der Waals surface area (Å²) < 4.78 is 0. The normalized spacial score (nSPS) is 19.6. The first-order valence-corrected chi connectivity index (χ1v) is 8.33. The first-order valence-electron chi connectivity index (χ1n) is 8.33. The zero-order valence-electron chi connectivity index (χ0n) is 13.7. The summed E-state index contributed by atoms with van der Waals surface area (Å²) in [6.07, 6.45) is 8.34. The van der Waals surface area contributed by atoms with Gasteiger partial charge < -0.3 is 5.32 Å². The fourth-order valence-electron chi connectivity index (χ4n) is 3.17. The van der Waals surface area contributed by atoms with Crippen LogP contribution < -0.4 is 5.32 Å². The van der Waals surface area contributed by atoms with Crippen molar-refractivity contribution in [3.63, 3.8) is 0 Å². The molecule has 1 nitrogen and oxygen atoms in total. The van der Waals surface area contributed by atoms with Gasteiger partial charge in [0.2, 0.25) is 0 Å². The van der Waals surface area contributed by atoms with Crippen molar-refractivity contribution in [3.05, 3.63) is 35.4 Å². The molecule has 1 fully saturated rings. The maximum Gasteiger partial charge on any atom is 0.0294 e. The number of nitrogens with one attached hydrogen (secondary N) is 1. The fraction of sp³-hybridized carbons (Fsp3) is 0.684. The molecule has 0 amide bonds. The summed E-state index contributed by atoms with van der Waals surface area (Å²) >= 11 is 0. The van der Waals surface area contributed by atoms with Gasteiger partial charge in [-0.2, -0.15) is 0 Å². The Balaban J connectivity index is 1.96. The largest absolute Gasteiger partial charge is 0.307 e. The SMILES string of the molecule is CC(NC1CCCCCC1)c1ccc(C(C)(C)C)cc1. The number of hydrogen-bond acceptors (Lipinski definition) is 1. The first-order chi connectivity index (χ1) is 9.47. The molecule has 0 heterocycles. The fourth-order valence-corrected chi connectivity index (χ4v) is 3.17. The van der Waals surface area contributed by atoms with Crippen LogP contribution in [0.25, 0.3) is 0 Å². The van der Waals surface area contributed by atoms with E-state index in [1.165, 1.54) is 49.7 Å². The van der Waals surface area contributed by atoms with Gasteiger partial charge in [-0.3, -0.25) is 0 Å². The van der Waals surface area contributed by atoms with E-state index in [0.717, 1.165) is 6.04 Å². The van der Waals surface area contributed by atoms with Crippen molar-refractivity contribution < 1.29 is 0 Å². The van der Waals surface area contributed by atoms with Gasteiger partial charge in [-0.05, 0) is 36.3 Å². The minimum absolute atomic E-state index is 0.247. The molecule has 1 aromatic rings. The van der Waals surface area contributed by atoms with Gasteiger partial charge >= 0.3 is 0 Å². The summed E-state index contributed by atoms with van der Waals surface area (Å²) in [5.41, 5.74) is 3.08. The van der Waals surface area contributed by atoms with Crippen LogP contribution in [-0.4, -0.2) is 6.04 Å². The molecule has 0 spiro atoms. The van der Waals surface area contributed by atoms with E-state index in [1.54, 1.807) is 0 Å². The summed E-state index contributed by atoms with van der Waals surface area (Å²) in [4.78, 5) is 0. The zero-order chi connectivity index (χ0) is 14.6. The van der Waals surface area contributed by atoms with Crippen LogP contribution in [0.5, 0.6) is 0 Å². The lowest BCUT2D eigenvalue weighted by Gasteiger charge is -2.24. The van der Waals surface area contributed by atoms with Crippen molar-refractivity contribution in [2.75, 3.05) is 0 Å². The maximum atomic E-state index is 3.83. The molecule has 1 aromatic carbocycles. The predicted octanol–water partition coefficient (Wildman–Crippen LogP) is 5.36. The zero-order valence-corrected chi connectivity index (χ0v) is 13.7. The highest BCUT2D eigenvalue weighted by Gasteiger charge is 2.17. The minimum atomic E-state index is 0.247. The predicted molar refractivity (Wildman–Crippen MR) is 88.2 cm³/mol. The van der Waals surface area contributed by atoms with Gasteiger partial charge in [-0.25, -0.2) is 0 Å². The van der Waals surface area contributed by atoms with Crippen molar-refractivity contribution in [3.8, 4) is 0 Å². The average Bonchev–Trinajstić information content (AvgIpc) is 2.66. The van der Waals surface area contributed by atoms with Gasteiger partial charge in [0.1, 0.15) is 0 Å². The molecular weight excluding hydrogens is 242 g/mol. The lowest BCUT2D eigenvalue weighted by Crippen LogP contribution is -2.31. The van der Waals surface area contributed by atoms with Crippen LogP contribution in [0.4, 0.5) is 0 Å². The van der Waals surface area contributed by atoms with Crippen LogP contribution in [-0.2, 0) is 5.41 Å². The topological polar surface area (TPSA) is 12.0 Å². The maximum absolute atomic E-state index is 3.83. The van der Waals surface area contributed by atoms with Gasteiger partial charge in [0, 0.05) is 12.1 Å². The second-order valence-electron chi connectivity index (χ2n) is 7.45. The third kappa shape index (κ3) is 4.34. The highest BCUT2D eigenvalue weighted by molar-refractivity contribution is 5.29. The highest BCUT2D eigenvalue weighted by Crippen LogP contribution is 2.25. The van der Waals surface area contributed by atoms with Gasteiger partial charge in [0.25, 0.3) is 0 Å². The summed E-state index contributed by atoms with van der Waals surface area (Å²) in [6.45, 7) is 9.12. The molecule has 0 bridgehead atoms. The molecule has 1 N–H and O–H groups in total. The standard InChI is InChI=1S/C19H31N/c1-15(20-18-9-7-5-6-8-10-18)16-11-13-17(14-12-16)19(2,3)4/h11-15,18,20H,5-10H2,1-4H3. The summed E-state index contributed by atoms with van der Waals surface area (Å²) in [6, 6.07) is 10.4. The van der Waals surface area contributed by atoms with E-state index < -0.39 is 0 Å². The van der Waals surface area contributed by atoms with Gasteiger partial charge in [-0.15, -0.1) is 0 Å². The molecule has 1 aliphatic rings. The van der Waals surface area contributed by atoms with E-state index in [-0.39, 0.29) is 5.41 Å². The molecule has 1 aliphatic carbocycles. The Morgan fingerprint density at radius 1 is 0.950 bits per heavy atom. The van der Waals surface area contributed by atoms with Crippen LogP contribution in [0.15, 0.2) is 24.3 Å². The van der Waals surface area contributed by atoms with Crippen LogP contribution in [0.2, 0.25) is 0 Å². The molecule has 0 aromatic heterocycles. The second kappa shape index (κ2) is 6.76. The molecule has 1 heteroatoms. The Kier molecular flexibility index (Phi) is 5.26. The van der Waals surface area contributed by atoms with Crippen molar-refractivity contribution >= 4 is 0 Å². The molecule has 112 valence electrons. The Hall–Kier alpha value is -0.820. The third-order valence-electron chi connectivity index (χ3n) is 4.62. The summed E-state index contributed by atoms with van der Waals surface area (Å²) in [7, 11) is 0. The van der Waals surface area contributed by atoms with E-state index in [0.29, 0.717) is 6.04 Å². The van der Waals surface area contributed by atoms with Crippen LogP contribution >= 0.6 is 0 Å². The van der Waals surface area contributed by atoms with E-state index in [4.69, 9.17) is 0 Å². The van der Waals surface area contributed by atoms with Crippen LogP contribution in [0.3, 0.4) is 0 Å². The molecule has 1 atom stereocenters. The van der Waals surface area contributed by atoms with E-state index in [1.807, 2.05) is 0 Å². The number of benzene rings is 1. The molecule has 0 radical (unpaired) electrons. The smallest absolute Gasteiger partial charge is 0.0294 e. The van der Waals surface area contributed by atoms with Crippen molar-refractivity contribution in [2.45, 2.75) is 83.7 Å². The quantitative estimate of drug-likeness (QED) is 0.731. The van der Waals surface area contributed by atoms with Crippen molar-refractivity contribution in [2.24, 2.45) is 0 Å². The van der Waals surface area contributed by atoms with Crippen LogP contribution in [0.1, 0.15) is 83.4 Å². The van der Waals surface area contributed by atoms with Crippen molar-refractivity contribution in [1.29, 1.82) is 0 Å². The highest BCUT2D eigenvalue weighted by atomic mass is 14.9. The molecular formula is C19H31N. The molecule has 0 aliphatic heterocycles. The van der Waals surface area contributed by atoms with Crippen molar-refractivity contribution in [1.82, 2.24) is 5.32 Å².